The second kappa shape index (κ2) is 13.0. The Morgan fingerprint density at radius 3 is 2.34 bits per heavy atom. The minimum absolute atomic E-state index is 0.0136. The summed E-state index contributed by atoms with van der Waals surface area (Å²) in [5.41, 5.74) is 0.788. The smallest absolute Gasteiger partial charge is 0.264 e. The minimum Gasteiger partial charge on any atom is -0.497 e. The van der Waals surface area contributed by atoms with E-state index in [2.05, 4.69) is 5.32 Å². The Kier molecular flexibility index (Phi) is 10.0. The van der Waals surface area contributed by atoms with E-state index in [4.69, 9.17) is 27.9 Å². The molecular formula is C27H29Cl2N3O5S. The maximum Gasteiger partial charge on any atom is 0.264 e. The van der Waals surface area contributed by atoms with Gasteiger partial charge in [-0.05, 0) is 55.8 Å². The van der Waals surface area contributed by atoms with Crippen LogP contribution in [-0.4, -0.2) is 51.4 Å². The molecular weight excluding hydrogens is 549 g/mol. The highest BCUT2D eigenvalue weighted by Crippen LogP contribution is 2.28. The number of benzene rings is 3. The van der Waals surface area contributed by atoms with Gasteiger partial charge in [-0.3, -0.25) is 13.9 Å². The van der Waals surface area contributed by atoms with Crippen LogP contribution in [0.1, 0.15) is 19.4 Å². The number of hydrogen-bond donors (Lipinski definition) is 1. The molecule has 3 aromatic rings. The highest BCUT2D eigenvalue weighted by molar-refractivity contribution is 7.92. The van der Waals surface area contributed by atoms with E-state index in [9.17, 15) is 18.0 Å². The van der Waals surface area contributed by atoms with Crippen LogP contribution >= 0.6 is 23.2 Å². The normalized spacial score (nSPS) is 11.9. The van der Waals surface area contributed by atoms with E-state index >= 15 is 0 Å². The summed E-state index contributed by atoms with van der Waals surface area (Å²) in [6, 6.07) is 18.1. The molecule has 0 saturated carbocycles. The van der Waals surface area contributed by atoms with E-state index < -0.39 is 28.5 Å². The van der Waals surface area contributed by atoms with Crippen molar-refractivity contribution in [2.45, 2.75) is 31.3 Å². The van der Waals surface area contributed by atoms with Gasteiger partial charge in [0.1, 0.15) is 18.3 Å². The first-order chi connectivity index (χ1) is 18.1. The van der Waals surface area contributed by atoms with Gasteiger partial charge < -0.3 is 15.0 Å². The van der Waals surface area contributed by atoms with Crippen molar-refractivity contribution in [3.05, 3.63) is 88.4 Å². The average molecular weight is 579 g/mol. The third-order valence-electron chi connectivity index (χ3n) is 5.83. The molecule has 0 radical (unpaired) electrons. The molecule has 0 aliphatic rings. The molecule has 202 valence electrons. The van der Waals surface area contributed by atoms with Crippen LogP contribution in [0.2, 0.25) is 10.0 Å². The van der Waals surface area contributed by atoms with Gasteiger partial charge in [0.15, 0.2) is 0 Å². The van der Waals surface area contributed by atoms with Crippen LogP contribution in [0, 0.1) is 0 Å². The topological polar surface area (TPSA) is 96.0 Å². The van der Waals surface area contributed by atoms with Crippen molar-refractivity contribution in [1.82, 2.24) is 10.2 Å². The largest absolute Gasteiger partial charge is 0.497 e. The van der Waals surface area contributed by atoms with E-state index in [1.165, 1.54) is 30.2 Å². The van der Waals surface area contributed by atoms with E-state index in [0.717, 1.165) is 4.31 Å². The molecule has 0 aromatic heterocycles. The van der Waals surface area contributed by atoms with Gasteiger partial charge in [0, 0.05) is 29.2 Å². The van der Waals surface area contributed by atoms with Gasteiger partial charge in [0.2, 0.25) is 11.8 Å². The zero-order valence-electron chi connectivity index (χ0n) is 21.2. The van der Waals surface area contributed by atoms with Gasteiger partial charge in [-0.1, -0.05) is 53.5 Å². The molecule has 3 aromatic carbocycles. The van der Waals surface area contributed by atoms with E-state index in [0.29, 0.717) is 27.9 Å². The van der Waals surface area contributed by atoms with Crippen molar-refractivity contribution in [1.29, 1.82) is 0 Å². The summed E-state index contributed by atoms with van der Waals surface area (Å²) in [4.78, 5) is 27.9. The summed E-state index contributed by atoms with van der Waals surface area (Å²) in [5, 5.41) is 3.45. The molecule has 0 unspecified atom stereocenters. The number of nitrogens with zero attached hydrogens (tertiary/aromatic N) is 2. The van der Waals surface area contributed by atoms with Gasteiger partial charge in [-0.15, -0.1) is 0 Å². The minimum atomic E-state index is -4.16. The van der Waals surface area contributed by atoms with Crippen LogP contribution in [-0.2, 0) is 26.2 Å². The second-order valence-corrected chi connectivity index (χ2v) is 11.1. The molecule has 1 atom stereocenters. The first-order valence-electron chi connectivity index (χ1n) is 11.8. The molecule has 38 heavy (non-hydrogen) atoms. The van der Waals surface area contributed by atoms with Crippen molar-refractivity contribution < 1.29 is 22.7 Å². The number of hydrogen-bond acceptors (Lipinski definition) is 5. The van der Waals surface area contributed by atoms with E-state index in [1.54, 1.807) is 68.4 Å². The lowest BCUT2D eigenvalue weighted by atomic mass is 10.1. The van der Waals surface area contributed by atoms with Crippen LogP contribution in [0.5, 0.6) is 5.75 Å². The van der Waals surface area contributed by atoms with Gasteiger partial charge in [-0.2, -0.15) is 0 Å². The van der Waals surface area contributed by atoms with Gasteiger partial charge in [-0.25, -0.2) is 8.42 Å². The molecule has 0 aliphatic heterocycles. The van der Waals surface area contributed by atoms with Crippen molar-refractivity contribution in [2.75, 3.05) is 24.5 Å². The van der Waals surface area contributed by atoms with Crippen LogP contribution in [0.4, 0.5) is 5.69 Å². The summed E-state index contributed by atoms with van der Waals surface area (Å²) >= 11 is 12.4. The number of carbonyl (C=O) groups is 2. The van der Waals surface area contributed by atoms with Crippen molar-refractivity contribution in [3.63, 3.8) is 0 Å². The highest BCUT2D eigenvalue weighted by Gasteiger charge is 2.32. The Hall–Kier alpha value is -3.27. The molecule has 0 heterocycles. The SMILES string of the molecule is CCNC(=O)[C@H](C)N(Cc1ccc(Cl)cc1Cl)C(=O)CN(c1cccc(OC)c1)S(=O)(=O)c1ccccc1. The molecule has 2 amide bonds. The monoisotopic (exact) mass is 577 g/mol. The number of amides is 2. The predicted octanol–water partition coefficient (Wildman–Crippen LogP) is 4.75. The Bertz CT molecular complexity index is 1390. The van der Waals surface area contributed by atoms with Crippen LogP contribution in [0.25, 0.3) is 0 Å². The Morgan fingerprint density at radius 2 is 1.71 bits per heavy atom. The van der Waals surface area contributed by atoms with Crippen molar-refractivity contribution >= 4 is 50.7 Å². The van der Waals surface area contributed by atoms with E-state index in [-0.39, 0.29) is 23.0 Å². The molecule has 3 rings (SSSR count). The number of methoxy groups -OCH3 is 1. The second-order valence-electron chi connectivity index (χ2n) is 8.35. The number of carbonyl (C=O) groups excluding carboxylic acids is 2. The van der Waals surface area contributed by atoms with Crippen LogP contribution in [0.3, 0.4) is 0 Å². The number of ether oxygens (including phenoxy) is 1. The molecule has 0 fully saturated rings. The average Bonchev–Trinajstić information content (AvgIpc) is 2.91. The van der Waals surface area contributed by atoms with Crippen LogP contribution in [0.15, 0.2) is 77.7 Å². The lowest BCUT2D eigenvalue weighted by molar-refractivity contribution is -0.139. The fourth-order valence-corrected chi connectivity index (χ4v) is 5.65. The standard InChI is InChI=1S/C27H29Cl2N3O5S/c1-4-30-27(34)19(2)31(17-20-13-14-21(28)15-25(20)29)26(33)18-32(22-9-8-10-23(16-22)37-3)38(35,36)24-11-6-5-7-12-24/h5-16,19H,4,17-18H2,1-3H3,(H,30,34)/t19-/m0/s1. The molecule has 0 aliphatic carbocycles. The zero-order chi connectivity index (χ0) is 27.9. The summed E-state index contributed by atoms with van der Waals surface area (Å²) in [6.45, 7) is 3.10. The number of likely N-dealkylation sites (N-methyl/N-ethyl adjacent to an activating group) is 1. The maximum atomic E-state index is 13.8. The summed E-state index contributed by atoms with van der Waals surface area (Å²) < 4.78 is 33.8. The van der Waals surface area contributed by atoms with Crippen LogP contribution < -0.4 is 14.4 Å². The maximum absolute atomic E-state index is 13.8. The number of rotatable bonds is 11. The lowest BCUT2D eigenvalue weighted by Crippen LogP contribution is -2.51. The highest BCUT2D eigenvalue weighted by atomic mass is 35.5. The third kappa shape index (κ3) is 6.98. The van der Waals surface area contributed by atoms with Gasteiger partial charge >= 0.3 is 0 Å². The molecule has 11 heteroatoms. The quantitative estimate of drug-likeness (QED) is 0.354. The third-order valence-corrected chi connectivity index (χ3v) is 8.20. The fraction of sp³-hybridized carbons (Fsp3) is 0.259. The molecule has 0 saturated heterocycles. The first-order valence-corrected chi connectivity index (χ1v) is 14.0. The van der Waals surface area contributed by atoms with Gasteiger partial charge in [0.25, 0.3) is 10.0 Å². The lowest BCUT2D eigenvalue weighted by Gasteiger charge is -2.32. The predicted molar refractivity (Wildman–Crippen MR) is 149 cm³/mol. The van der Waals surface area contributed by atoms with Gasteiger partial charge in [0.05, 0.1) is 17.7 Å². The van der Waals surface area contributed by atoms with Crippen molar-refractivity contribution in [3.8, 4) is 5.75 Å². The first kappa shape index (κ1) is 29.3. The number of halogens is 2. The van der Waals surface area contributed by atoms with E-state index in [1.807, 2.05) is 0 Å². The molecule has 8 nitrogen and oxygen atoms in total. The number of sulfonamides is 1. The number of nitrogens with one attached hydrogen (secondary N) is 1. The Morgan fingerprint density at radius 1 is 1.00 bits per heavy atom. The molecule has 0 bridgehead atoms. The summed E-state index contributed by atoms with van der Waals surface area (Å²) in [6.07, 6.45) is 0. The Balaban J connectivity index is 2.05. The Labute approximate surface area is 233 Å². The number of anilines is 1. The zero-order valence-corrected chi connectivity index (χ0v) is 23.6. The molecule has 0 spiro atoms. The van der Waals surface area contributed by atoms with Crippen molar-refractivity contribution in [2.24, 2.45) is 0 Å². The molecule has 1 N–H and O–H groups in total. The fourth-order valence-electron chi connectivity index (χ4n) is 3.75. The summed E-state index contributed by atoms with van der Waals surface area (Å²) in [5.74, 6) is -0.564. The summed E-state index contributed by atoms with van der Waals surface area (Å²) in [7, 11) is -2.70.